The molecule has 5 rings (SSSR count). The molecule has 0 aromatic carbocycles. The molecule has 0 bridgehead atoms. The van der Waals surface area contributed by atoms with Crippen LogP contribution in [0.2, 0.25) is 0 Å². The molecular formula is C22H29N5O5S. The maximum absolute atomic E-state index is 13.3. The highest BCUT2D eigenvalue weighted by Gasteiger charge is 2.42. The summed E-state index contributed by atoms with van der Waals surface area (Å²) in [4.78, 5) is 29.7. The number of carbonyl (C=O) groups excluding carboxylic acids is 2. The monoisotopic (exact) mass is 475 g/mol. The SMILES string of the molecule is Cc1noc(C)c1[S+](=O)([O-])N1CCCC(C(=O)N2CCC(N3Cc4cccn4C3=O)CC2)C1. The van der Waals surface area contributed by atoms with Crippen molar-refractivity contribution in [2.75, 3.05) is 26.2 Å². The van der Waals surface area contributed by atoms with E-state index in [1.54, 1.807) is 24.6 Å². The molecule has 0 spiro atoms. The van der Waals surface area contributed by atoms with Crippen molar-refractivity contribution in [2.24, 2.45) is 5.92 Å². The van der Waals surface area contributed by atoms with Crippen LogP contribution in [-0.4, -0.2) is 72.5 Å². The van der Waals surface area contributed by atoms with E-state index in [0.29, 0.717) is 44.7 Å². The second-order valence-electron chi connectivity index (χ2n) is 9.19. The Morgan fingerprint density at radius 1 is 1.21 bits per heavy atom. The van der Waals surface area contributed by atoms with Gasteiger partial charge in [-0.05, 0) is 44.7 Å². The second-order valence-corrected chi connectivity index (χ2v) is 11.1. The average molecular weight is 476 g/mol. The van der Waals surface area contributed by atoms with Crippen LogP contribution in [0.5, 0.6) is 0 Å². The first-order valence-corrected chi connectivity index (χ1v) is 12.9. The topological polar surface area (TPSA) is 115 Å². The summed E-state index contributed by atoms with van der Waals surface area (Å²) in [6, 6.07) is 3.96. The van der Waals surface area contributed by atoms with Gasteiger partial charge in [0.1, 0.15) is 5.69 Å². The highest BCUT2D eigenvalue weighted by Crippen LogP contribution is 2.32. The Labute approximate surface area is 193 Å². The van der Waals surface area contributed by atoms with Crippen molar-refractivity contribution in [3.63, 3.8) is 0 Å². The van der Waals surface area contributed by atoms with Crippen LogP contribution in [0.4, 0.5) is 4.79 Å². The standard InChI is InChI=1S/C22H29N5O5S/c1-15-20(16(2)32-23-15)33(30,31)25-9-3-5-17(13-25)21(28)24-11-7-18(8-12-24)27-14-19-6-4-10-26(19)22(27)29/h4,6,10,17-18H,3,5,7-9,11-14H2,1-2H3. The molecule has 0 saturated carbocycles. The molecule has 2 aromatic heterocycles. The Morgan fingerprint density at radius 2 is 1.97 bits per heavy atom. The Kier molecular flexibility index (Phi) is 5.66. The summed E-state index contributed by atoms with van der Waals surface area (Å²) in [6.07, 6.45) is 4.57. The van der Waals surface area contributed by atoms with Gasteiger partial charge in [0.15, 0.2) is 16.2 Å². The lowest BCUT2D eigenvalue weighted by molar-refractivity contribution is -0.138. The van der Waals surface area contributed by atoms with Gasteiger partial charge in [0.25, 0.3) is 0 Å². The predicted octanol–water partition coefficient (Wildman–Crippen LogP) is 2.18. The first kappa shape index (κ1) is 22.3. The highest BCUT2D eigenvalue weighted by atomic mass is 32.3. The van der Waals surface area contributed by atoms with E-state index >= 15 is 0 Å². The maximum atomic E-state index is 13.3. The molecule has 0 radical (unpaired) electrons. The highest BCUT2D eigenvalue weighted by molar-refractivity contribution is 7.95. The number of hydrogen-bond acceptors (Lipinski definition) is 6. The van der Waals surface area contributed by atoms with Crippen molar-refractivity contribution in [1.82, 2.24) is 23.8 Å². The lowest BCUT2D eigenvalue weighted by Gasteiger charge is -2.39. The first-order chi connectivity index (χ1) is 15.8. The summed E-state index contributed by atoms with van der Waals surface area (Å²) < 4.78 is 34.5. The number of piperidine rings is 2. The van der Waals surface area contributed by atoms with E-state index in [4.69, 9.17) is 4.52 Å². The van der Waals surface area contributed by atoms with E-state index in [1.165, 1.54) is 4.31 Å². The van der Waals surface area contributed by atoms with Gasteiger partial charge < -0.3 is 18.9 Å². The molecule has 3 aliphatic heterocycles. The van der Waals surface area contributed by atoms with E-state index < -0.39 is 10.4 Å². The summed E-state index contributed by atoms with van der Waals surface area (Å²) in [5, 5.41) is 3.77. The molecule has 0 aliphatic carbocycles. The summed E-state index contributed by atoms with van der Waals surface area (Å²) in [5.41, 5.74) is 1.34. The van der Waals surface area contributed by atoms with Crippen LogP contribution < -0.4 is 0 Å². The largest absolute Gasteiger partial charge is 0.593 e. The van der Waals surface area contributed by atoms with Crippen LogP contribution in [0.3, 0.4) is 0 Å². The smallest absolute Gasteiger partial charge is 0.329 e. The Hall–Kier alpha value is -2.50. The molecule has 0 N–H and O–H groups in total. The fourth-order valence-corrected chi connectivity index (χ4v) is 7.20. The number of rotatable bonds is 4. The number of aromatic nitrogens is 2. The van der Waals surface area contributed by atoms with E-state index in [2.05, 4.69) is 5.16 Å². The van der Waals surface area contributed by atoms with Crippen LogP contribution in [-0.2, 0) is 25.9 Å². The molecule has 178 valence electrons. The zero-order chi connectivity index (χ0) is 23.3. The molecule has 3 aliphatic rings. The van der Waals surface area contributed by atoms with Crippen molar-refractivity contribution in [3.8, 4) is 0 Å². The van der Waals surface area contributed by atoms with Crippen LogP contribution in [0.25, 0.3) is 0 Å². The minimum Gasteiger partial charge on any atom is -0.593 e. The molecule has 2 atom stereocenters. The van der Waals surface area contributed by atoms with E-state index in [-0.39, 0.29) is 41.1 Å². The predicted molar refractivity (Wildman–Crippen MR) is 118 cm³/mol. The molecule has 33 heavy (non-hydrogen) atoms. The Balaban J connectivity index is 1.20. The normalized spacial score (nSPS) is 24.2. The molecule has 2 unspecified atom stereocenters. The van der Waals surface area contributed by atoms with Crippen LogP contribution in [0, 0.1) is 19.8 Å². The number of amides is 2. The van der Waals surface area contributed by atoms with Crippen LogP contribution in [0.15, 0.2) is 27.7 Å². The Bertz CT molecular complexity index is 1100. The summed E-state index contributed by atoms with van der Waals surface area (Å²) in [7, 11) is -3.76. The van der Waals surface area contributed by atoms with Gasteiger partial charge in [0, 0.05) is 44.5 Å². The third-order valence-electron chi connectivity index (χ3n) is 7.13. The van der Waals surface area contributed by atoms with Crippen molar-refractivity contribution in [1.29, 1.82) is 0 Å². The van der Waals surface area contributed by atoms with E-state index in [0.717, 1.165) is 18.5 Å². The number of nitrogens with zero attached hydrogens (tertiary/aromatic N) is 5. The molecule has 2 saturated heterocycles. The van der Waals surface area contributed by atoms with E-state index in [1.807, 2.05) is 21.9 Å². The number of likely N-dealkylation sites (tertiary alicyclic amines) is 1. The maximum Gasteiger partial charge on any atom is 0.329 e. The zero-order valence-electron chi connectivity index (χ0n) is 18.9. The summed E-state index contributed by atoms with van der Waals surface area (Å²) in [5.74, 6) is -0.0861. The van der Waals surface area contributed by atoms with Gasteiger partial charge >= 0.3 is 6.03 Å². The molecular weight excluding hydrogens is 446 g/mol. The molecule has 2 aromatic rings. The minimum atomic E-state index is -3.76. The van der Waals surface area contributed by atoms with Gasteiger partial charge in [-0.2, -0.15) is 0 Å². The minimum absolute atomic E-state index is 0.00567. The van der Waals surface area contributed by atoms with Gasteiger partial charge in [-0.25, -0.2) is 4.79 Å². The van der Waals surface area contributed by atoms with E-state index in [9.17, 15) is 18.4 Å². The second kappa shape index (κ2) is 8.37. The number of fused-ring (bicyclic) bond motifs is 1. The van der Waals surface area contributed by atoms with Gasteiger partial charge in [0.05, 0.1) is 19.0 Å². The fraction of sp³-hybridized carbons (Fsp3) is 0.591. The number of sulfonamides is 1. The fourth-order valence-electron chi connectivity index (χ4n) is 5.39. The number of aryl methyl sites for hydroxylation is 2. The zero-order valence-corrected chi connectivity index (χ0v) is 19.8. The quantitative estimate of drug-likeness (QED) is 0.626. The van der Waals surface area contributed by atoms with Gasteiger partial charge in [0.2, 0.25) is 10.8 Å². The number of carbonyl (C=O) groups is 2. The first-order valence-electron chi connectivity index (χ1n) is 11.5. The van der Waals surface area contributed by atoms with Crippen LogP contribution in [0.1, 0.15) is 42.8 Å². The van der Waals surface area contributed by atoms with Gasteiger partial charge in [-0.1, -0.05) is 9.37 Å². The molecule has 2 fully saturated rings. The van der Waals surface area contributed by atoms with Crippen molar-refractivity contribution in [3.05, 3.63) is 35.5 Å². The third-order valence-corrected chi connectivity index (χ3v) is 9.24. The van der Waals surface area contributed by atoms with Crippen molar-refractivity contribution < 1.29 is 22.9 Å². The average Bonchev–Trinajstić information content (AvgIpc) is 3.50. The Morgan fingerprint density at radius 3 is 2.64 bits per heavy atom. The van der Waals surface area contributed by atoms with Crippen LogP contribution >= 0.6 is 0 Å². The lowest BCUT2D eigenvalue weighted by Crippen LogP contribution is -2.52. The molecule has 11 heteroatoms. The third kappa shape index (κ3) is 3.81. The van der Waals surface area contributed by atoms with Gasteiger partial charge in [-0.15, -0.1) is 4.31 Å². The van der Waals surface area contributed by atoms with Crippen molar-refractivity contribution in [2.45, 2.75) is 57.0 Å². The lowest BCUT2D eigenvalue weighted by atomic mass is 9.96. The van der Waals surface area contributed by atoms with Crippen molar-refractivity contribution >= 4 is 22.3 Å². The summed E-state index contributed by atoms with van der Waals surface area (Å²) in [6.45, 7) is 5.53. The van der Waals surface area contributed by atoms with Gasteiger partial charge in [-0.3, -0.25) is 9.36 Å². The molecule has 5 heterocycles. The number of hydrogen-bond donors (Lipinski definition) is 0. The molecule has 2 amide bonds. The molecule has 10 nitrogen and oxygen atoms in total. The summed E-state index contributed by atoms with van der Waals surface area (Å²) >= 11 is 0.